The van der Waals surface area contributed by atoms with E-state index in [0.29, 0.717) is 5.02 Å². The molecule has 0 bridgehead atoms. The van der Waals surface area contributed by atoms with Crippen LogP contribution in [0.5, 0.6) is 0 Å². The number of nitrogens with one attached hydrogen (secondary N) is 1. The lowest BCUT2D eigenvalue weighted by Gasteiger charge is -2.17. The second-order valence-corrected chi connectivity index (χ2v) is 5.28. The molecule has 0 amide bonds. The van der Waals surface area contributed by atoms with Crippen molar-refractivity contribution in [3.63, 3.8) is 0 Å². The van der Waals surface area contributed by atoms with Crippen LogP contribution in [-0.2, 0) is 0 Å². The molecule has 0 fully saturated rings. The van der Waals surface area contributed by atoms with E-state index in [1.165, 1.54) is 0 Å². The Kier molecular flexibility index (Phi) is 3.36. The number of hydrogen-bond donors (Lipinski definition) is 1. The molecule has 1 aromatic carbocycles. The third-order valence-electron chi connectivity index (χ3n) is 3.44. The number of aryl methyl sites for hydroxylation is 1. The van der Waals surface area contributed by atoms with Gasteiger partial charge in [0.1, 0.15) is 0 Å². The number of rotatable bonds is 3. The van der Waals surface area contributed by atoms with E-state index >= 15 is 0 Å². The normalized spacial score (nSPS) is 12.6. The van der Waals surface area contributed by atoms with Crippen molar-refractivity contribution in [1.82, 2.24) is 4.98 Å². The van der Waals surface area contributed by atoms with Gasteiger partial charge in [0.2, 0.25) is 0 Å². The highest BCUT2D eigenvalue weighted by molar-refractivity contribution is 6.35. The Labute approximate surface area is 122 Å². The molecule has 1 atom stereocenters. The summed E-state index contributed by atoms with van der Waals surface area (Å²) in [6.45, 7) is 4.09. The molecule has 102 valence electrons. The van der Waals surface area contributed by atoms with Crippen LogP contribution in [0.3, 0.4) is 0 Å². The fourth-order valence-corrected chi connectivity index (χ4v) is 2.67. The molecule has 0 radical (unpaired) electrons. The van der Waals surface area contributed by atoms with Crippen LogP contribution in [0.25, 0.3) is 10.9 Å². The van der Waals surface area contributed by atoms with Crippen LogP contribution in [0.1, 0.15) is 24.1 Å². The molecule has 0 aliphatic rings. The first-order chi connectivity index (χ1) is 9.66. The third kappa shape index (κ3) is 2.25. The van der Waals surface area contributed by atoms with Crippen LogP contribution in [0.4, 0.5) is 5.69 Å². The lowest BCUT2D eigenvalue weighted by Crippen LogP contribution is -2.07. The van der Waals surface area contributed by atoms with Gasteiger partial charge in [-0.1, -0.05) is 11.6 Å². The molecule has 20 heavy (non-hydrogen) atoms. The van der Waals surface area contributed by atoms with Crippen molar-refractivity contribution in [3.05, 3.63) is 59.1 Å². The number of halogens is 1. The van der Waals surface area contributed by atoms with E-state index in [4.69, 9.17) is 16.0 Å². The van der Waals surface area contributed by atoms with Crippen LogP contribution in [0.15, 0.2) is 47.4 Å². The highest BCUT2D eigenvalue weighted by Gasteiger charge is 2.13. The van der Waals surface area contributed by atoms with Crippen molar-refractivity contribution in [2.75, 3.05) is 5.32 Å². The first-order valence-electron chi connectivity index (χ1n) is 6.49. The van der Waals surface area contributed by atoms with Gasteiger partial charge in [0.05, 0.1) is 34.8 Å². The van der Waals surface area contributed by atoms with Crippen molar-refractivity contribution in [3.8, 4) is 0 Å². The smallest absolute Gasteiger partial charge is 0.0955 e. The maximum absolute atomic E-state index is 6.40. The summed E-state index contributed by atoms with van der Waals surface area (Å²) < 4.78 is 5.12. The number of anilines is 1. The molecule has 2 heterocycles. The minimum Gasteiger partial charge on any atom is -0.472 e. The first-order valence-corrected chi connectivity index (χ1v) is 6.87. The number of aromatic nitrogens is 1. The van der Waals surface area contributed by atoms with Gasteiger partial charge in [0.15, 0.2) is 0 Å². The molecule has 1 N–H and O–H groups in total. The lowest BCUT2D eigenvalue weighted by molar-refractivity contribution is 0.562. The Morgan fingerprint density at radius 2 is 2.20 bits per heavy atom. The van der Waals surface area contributed by atoms with E-state index < -0.39 is 0 Å². The van der Waals surface area contributed by atoms with Gasteiger partial charge in [-0.05, 0) is 43.7 Å². The van der Waals surface area contributed by atoms with Gasteiger partial charge in [0.25, 0.3) is 0 Å². The number of hydrogen-bond acceptors (Lipinski definition) is 3. The summed E-state index contributed by atoms with van der Waals surface area (Å²) in [5.41, 5.74) is 4.04. The summed E-state index contributed by atoms with van der Waals surface area (Å²) in [5, 5.41) is 5.19. The van der Waals surface area contributed by atoms with E-state index in [0.717, 1.165) is 27.7 Å². The predicted molar refractivity (Wildman–Crippen MR) is 82.2 cm³/mol. The Hall–Kier alpha value is -2.00. The quantitative estimate of drug-likeness (QED) is 0.739. The molecule has 0 spiro atoms. The van der Waals surface area contributed by atoms with E-state index in [-0.39, 0.29) is 6.04 Å². The summed E-state index contributed by atoms with van der Waals surface area (Å²) >= 11 is 6.40. The molecular weight excluding hydrogens is 272 g/mol. The maximum atomic E-state index is 6.40. The SMILES string of the molecule is Cc1cc(Cl)c(NC(C)c2ccoc2)c2cccnc12. The zero-order valence-electron chi connectivity index (χ0n) is 11.4. The molecular formula is C16H15ClN2O. The van der Waals surface area contributed by atoms with Crippen molar-refractivity contribution in [2.24, 2.45) is 0 Å². The summed E-state index contributed by atoms with van der Waals surface area (Å²) in [6, 6.07) is 7.95. The summed E-state index contributed by atoms with van der Waals surface area (Å²) in [6.07, 6.45) is 5.21. The van der Waals surface area contributed by atoms with E-state index in [1.54, 1.807) is 18.7 Å². The molecule has 0 saturated carbocycles. The van der Waals surface area contributed by atoms with E-state index in [2.05, 4.69) is 17.2 Å². The molecule has 2 aromatic heterocycles. The minimum absolute atomic E-state index is 0.109. The molecule has 0 saturated heterocycles. The molecule has 3 aromatic rings. The second kappa shape index (κ2) is 5.17. The number of nitrogens with zero attached hydrogens (tertiary/aromatic N) is 1. The standard InChI is InChI=1S/C16H15ClN2O/c1-10-8-14(17)16(13-4-3-6-18-15(10)13)19-11(2)12-5-7-20-9-12/h3-9,11,19H,1-2H3. The fraction of sp³-hybridized carbons (Fsp3) is 0.188. The number of fused-ring (bicyclic) bond motifs is 1. The Morgan fingerprint density at radius 3 is 2.95 bits per heavy atom. The van der Waals surface area contributed by atoms with Crippen molar-refractivity contribution >= 4 is 28.2 Å². The molecule has 3 nitrogen and oxygen atoms in total. The van der Waals surface area contributed by atoms with Crippen molar-refractivity contribution in [2.45, 2.75) is 19.9 Å². The fourth-order valence-electron chi connectivity index (χ4n) is 2.35. The van der Waals surface area contributed by atoms with Crippen LogP contribution in [0.2, 0.25) is 5.02 Å². The monoisotopic (exact) mass is 286 g/mol. The van der Waals surface area contributed by atoms with Gasteiger partial charge >= 0.3 is 0 Å². The highest BCUT2D eigenvalue weighted by atomic mass is 35.5. The molecule has 0 aliphatic carbocycles. The van der Waals surface area contributed by atoms with Gasteiger partial charge in [-0.2, -0.15) is 0 Å². The Morgan fingerprint density at radius 1 is 1.35 bits per heavy atom. The van der Waals surface area contributed by atoms with Gasteiger partial charge in [-0.15, -0.1) is 0 Å². The zero-order chi connectivity index (χ0) is 14.1. The average molecular weight is 287 g/mol. The van der Waals surface area contributed by atoms with Gasteiger partial charge < -0.3 is 9.73 Å². The van der Waals surface area contributed by atoms with Gasteiger partial charge in [-0.3, -0.25) is 4.98 Å². The van der Waals surface area contributed by atoms with Crippen molar-refractivity contribution < 1.29 is 4.42 Å². The van der Waals surface area contributed by atoms with Crippen molar-refractivity contribution in [1.29, 1.82) is 0 Å². The summed E-state index contributed by atoms with van der Waals surface area (Å²) in [7, 11) is 0. The third-order valence-corrected chi connectivity index (χ3v) is 3.73. The largest absolute Gasteiger partial charge is 0.472 e. The minimum atomic E-state index is 0.109. The van der Waals surface area contributed by atoms with Gasteiger partial charge in [0, 0.05) is 17.1 Å². The average Bonchev–Trinajstić information content (AvgIpc) is 2.97. The van der Waals surface area contributed by atoms with Crippen LogP contribution in [0, 0.1) is 6.92 Å². The number of benzene rings is 1. The van der Waals surface area contributed by atoms with Gasteiger partial charge in [-0.25, -0.2) is 0 Å². The van der Waals surface area contributed by atoms with E-state index in [1.807, 2.05) is 31.2 Å². The Balaban J connectivity index is 2.07. The second-order valence-electron chi connectivity index (χ2n) is 4.87. The first kappa shape index (κ1) is 13.0. The molecule has 0 aliphatic heterocycles. The molecule has 4 heteroatoms. The lowest BCUT2D eigenvalue weighted by atomic mass is 10.1. The highest BCUT2D eigenvalue weighted by Crippen LogP contribution is 2.34. The molecule has 3 rings (SSSR count). The van der Waals surface area contributed by atoms with Crippen LogP contribution >= 0.6 is 11.6 Å². The predicted octanol–water partition coefficient (Wildman–Crippen LogP) is 4.96. The van der Waals surface area contributed by atoms with Crippen LogP contribution in [-0.4, -0.2) is 4.98 Å². The topological polar surface area (TPSA) is 38.1 Å². The van der Waals surface area contributed by atoms with Crippen LogP contribution < -0.4 is 5.32 Å². The zero-order valence-corrected chi connectivity index (χ0v) is 12.1. The number of furan rings is 1. The Bertz CT molecular complexity index is 738. The van der Waals surface area contributed by atoms with E-state index in [9.17, 15) is 0 Å². The summed E-state index contributed by atoms with van der Waals surface area (Å²) in [4.78, 5) is 4.44. The maximum Gasteiger partial charge on any atom is 0.0955 e. The number of pyridine rings is 1. The molecule has 1 unspecified atom stereocenters. The summed E-state index contributed by atoms with van der Waals surface area (Å²) in [5.74, 6) is 0.